The first-order chi connectivity index (χ1) is 19.9. The summed E-state index contributed by atoms with van der Waals surface area (Å²) in [5.41, 5.74) is 4.63. The Kier molecular flexibility index (Phi) is 8.24. The van der Waals surface area contributed by atoms with Crippen LogP contribution in [0.25, 0.3) is 11.0 Å². The maximum Gasteiger partial charge on any atom is 0.251 e. The maximum absolute atomic E-state index is 14.1. The van der Waals surface area contributed by atoms with Gasteiger partial charge in [0.15, 0.2) is 0 Å². The third kappa shape index (κ3) is 6.36. The molecular weight excluding hydrogens is 516 g/mol. The topological polar surface area (TPSA) is 92.6 Å². The van der Waals surface area contributed by atoms with Crippen molar-refractivity contribution < 1.29 is 14.3 Å². The van der Waals surface area contributed by atoms with Gasteiger partial charge in [-0.1, -0.05) is 59.8 Å². The average Bonchev–Trinajstić information content (AvgIpc) is 3.40. The molecule has 1 aromatic heterocycles. The number of methoxy groups -OCH3 is 1. The van der Waals surface area contributed by atoms with Crippen molar-refractivity contribution >= 4 is 34.2 Å². The number of fused-ring (bicyclic) bond motifs is 1. The number of amides is 2. The summed E-state index contributed by atoms with van der Waals surface area (Å²) in [4.78, 5) is 31.7. The second-order valence-corrected chi connectivity index (χ2v) is 9.85. The molecule has 9 nitrogen and oxygen atoms in total. The Morgan fingerprint density at radius 3 is 2.24 bits per heavy atom. The van der Waals surface area contributed by atoms with Crippen molar-refractivity contribution in [1.82, 2.24) is 19.9 Å². The van der Waals surface area contributed by atoms with Gasteiger partial charge in [-0.25, -0.2) is 4.68 Å². The molecular formula is C32H32N6O3. The first-order valence-electron chi connectivity index (χ1n) is 13.3. The number of hydrogen-bond acceptors (Lipinski definition) is 6. The van der Waals surface area contributed by atoms with Crippen LogP contribution >= 0.6 is 0 Å². The predicted molar refractivity (Wildman–Crippen MR) is 160 cm³/mol. The fourth-order valence-electron chi connectivity index (χ4n) is 4.67. The van der Waals surface area contributed by atoms with Gasteiger partial charge in [0.25, 0.3) is 5.91 Å². The molecule has 1 atom stereocenters. The quantitative estimate of drug-likeness (QED) is 0.267. The van der Waals surface area contributed by atoms with Crippen molar-refractivity contribution in [1.29, 1.82) is 0 Å². The van der Waals surface area contributed by atoms with E-state index in [1.54, 1.807) is 28.8 Å². The smallest absolute Gasteiger partial charge is 0.251 e. The number of nitrogens with one attached hydrogen (secondary N) is 1. The molecule has 0 unspecified atom stereocenters. The summed E-state index contributed by atoms with van der Waals surface area (Å²) in [6.45, 7) is 0.140. The first kappa shape index (κ1) is 27.4. The highest BCUT2D eigenvalue weighted by Gasteiger charge is 2.32. The Morgan fingerprint density at radius 2 is 1.56 bits per heavy atom. The minimum absolute atomic E-state index is 0.0786. The predicted octanol–water partition coefficient (Wildman–Crippen LogP) is 4.91. The van der Waals surface area contributed by atoms with Crippen LogP contribution in [0.2, 0.25) is 0 Å². The highest BCUT2D eigenvalue weighted by Crippen LogP contribution is 2.28. The van der Waals surface area contributed by atoms with Gasteiger partial charge in [0.05, 0.1) is 12.6 Å². The number of hydrogen-bond donors (Lipinski definition) is 1. The Morgan fingerprint density at radius 1 is 0.878 bits per heavy atom. The fourth-order valence-corrected chi connectivity index (χ4v) is 4.67. The van der Waals surface area contributed by atoms with Crippen LogP contribution in [0.5, 0.6) is 5.75 Å². The van der Waals surface area contributed by atoms with Gasteiger partial charge in [0.2, 0.25) is 5.91 Å². The van der Waals surface area contributed by atoms with Crippen molar-refractivity contribution in [2.45, 2.75) is 19.1 Å². The summed E-state index contributed by atoms with van der Waals surface area (Å²) in [5, 5.41) is 11.4. The van der Waals surface area contributed by atoms with E-state index in [0.29, 0.717) is 22.5 Å². The van der Waals surface area contributed by atoms with E-state index in [0.717, 1.165) is 16.8 Å². The van der Waals surface area contributed by atoms with Gasteiger partial charge in [-0.05, 0) is 59.7 Å². The molecule has 208 valence electrons. The van der Waals surface area contributed by atoms with E-state index < -0.39 is 6.04 Å². The third-order valence-corrected chi connectivity index (χ3v) is 6.86. The summed E-state index contributed by atoms with van der Waals surface area (Å²) in [6.07, 6.45) is 0. The molecule has 41 heavy (non-hydrogen) atoms. The zero-order valence-corrected chi connectivity index (χ0v) is 23.3. The molecule has 5 aromatic rings. The zero-order valence-electron chi connectivity index (χ0n) is 23.3. The van der Waals surface area contributed by atoms with Crippen LogP contribution in [-0.2, 0) is 22.7 Å². The van der Waals surface area contributed by atoms with Crippen LogP contribution in [0.1, 0.15) is 17.2 Å². The maximum atomic E-state index is 14.1. The van der Waals surface area contributed by atoms with Crippen LogP contribution in [0.3, 0.4) is 0 Å². The van der Waals surface area contributed by atoms with E-state index in [4.69, 9.17) is 4.74 Å². The van der Waals surface area contributed by atoms with Crippen molar-refractivity contribution in [3.63, 3.8) is 0 Å². The molecule has 0 saturated carbocycles. The number of aromatic nitrogens is 3. The molecule has 2 amide bonds. The summed E-state index contributed by atoms with van der Waals surface area (Å²) in [7, 11) is 5.50. The minimum Gasteiger partial charge on any atom is -0.497 e. The van der Waals surface area contributed by atoms with Gasteiger partial charge in [0.1, 0.15) is 23.9 Å². The normalized spacial score (nSPS) is 11.6. The molecule has 1 heterocycles. The molecule has 0 radical (unpaired) electrons. The number of anilines is 2. The number of para-hydroxylation sites is 1. The monoisotopic (exact) mass is 548 g/mol. The van der Waals surface area contributed by atoms with Gasteiger partial charge in [0, 0.05) is 32.0 Å². The number of carbonyl (C=O) groups excluding carboxylic acids is 2. The highest BCUT2D eigenvalue weighted by atomic mass is 16.5. The highest BCUT2D eigenvalue weighted by molar-refractivity contribution is 5.98. The lowest BCUT2D eigenvalue weighted by Gasteiger charge is -2.32. The molecule has 0 aliphatic heterocycles. The van der Waals surface area contributed by atoms with Gasteiger partial charge in [-0.3, -0.25) is 9.59 Å². The second-order valence-electron chi connectivity index (χ2n) is 9.85. The summed E-state index contributed by atoms with van der Waals surface area (Å²) >= 11 is 0. The molecule has 4 aromatic carbocycles. The van der Waals surface area contributed by atoms with Crippen molar-refractivity contribution in [3.8, 4) is 5.75 Å². The lowest BCUT2D eigenvalue weighted by atomic mass is 10.0. The first-order valence-corrected chi connectivity index (χ1v) is 13.3. The van der Waals surface area contributed by atoms with E-state index in [1.807, 2.05) is 110 Å². The zero-order chi connectivity index (χ0) is 28.8. The van der Waals surface area contributed by atoms with Crippen LogP contribution in [0.4, 0.5) is 11.4 Å². The van der Waals surface area contributed by atoms with E-state index in [1.165, 1.54) is 0 Å². The Balaban J connectivity index is 1.53. The molecule has 0 bridgehead atoms. The fraction of sp³-hybridized carbons (Fsp3) is 0.188. The Bertz CT molecular complexity index is 1620. The molecule has 1 N–H and O–H groups in total. The average molecular weight is 549 g/mol. The minimum atomic E-state index is -0.933. The molecule has 0 spiro atoms. The standard InChI is InChI=1S/C32H32N6O3/c1-36(2)26-17-15-25(16-18-26)33-32(40)31(24-13-19-27(41-3)20-14-24)37(21-23-9-5-4-6-10-23)30(39)22-38-29-12-8-7-11-28(29)34-35-38/h4-20,31H,21-22H2,1-3H3,(H,33,40)/t31-/m1/s1. The van der Waals surface area contributed by atoms with Crippen LogP contribution in [0, 0.1) is 0 Å². The van der Waals surface area contributed by atoms with E-state index >= 15 is 0 Å². The molecule has 0 fully saturated rings. The van der Waals surface area contributed by atoms with E-state index in [9.17, 15) is 9.59 Å². The molecule has 5 rings (SSSR count). The van der Waals surface area contributed by atoms with Crippen LogP contribution in [-0.4, -0.2) is 52.9 Å². The summed E-state index contributed by atoms with van der Waals surface area (Å²) < 4.78 is 6.91. The van der Waals surface area contributed by atoms with Gasteiger partial charge in [-0.15, -0.1) is 5.10 Å². The summed E-state index contributed by atoms with van der Waals surface area (Å²) in [5.74, 6) is 0.0473. The van der Waals surface area contributed by atoms with E-state index in [-0.39, 0.29) is 24.9 Å². The van der Waals surface area contributed by atoms with Crippen molar-refractivity contribution in [3.05, 3.63) is 114 Å². The van der Waals surface area contributed by atoms with Crippen molar-refractivity contribution in [2.24, 2.45) is 0 Å². The lowest BCUT2D eigenvalue weighted by Crippen LogP contribution is -2.42. The van der Waals surface area contributed by atoms with Gasteiger partial charge >= 0.3 is 0 Å². The number of rotatable bonds is 10. The number of carbonyl (C=O) groups is 2. The molecule has 0 saturated heterocycles. The SMILES string of the molecule is COc1ccc([C@H](C(=O)Nc2ccc(N(C)C)cc2)N(Cc2ccccc2)C(=O)Cn2nnc3ccccc32)cc1. The summed E-state index contributed by atoms with van der Waals surface area (Å²) in [6, 6.07) is 30.9. The van der Waals surface area contributed by atoms with Crippen LogP contribution in [0.15, 0.2) is 103 Å². The largest absolute Gasteiger partial charge is 0.497 e. The van der Waals surface area contributed by atoms with Crippen molar-refractivity contribution in [2.75, 3.05) is 31.4 Å². The van der Waals surface area contributed by atoms with Crippen LogP contribution < -0.4 is 15.0 Å². The number of nitrogens with zero attached hydrogens (tertiary/aromatic N) is 5. The van der Waals surface area contributed by atoms with Gasteiger partial charge in [-0.2, -0.15) is 0 Å². The molecule has 0 aliphatic rings. The number of benzene rings is 4. The second kappa shape index (κ2) is 12.3. The van der Waals surface area contributed by atoms with Gasteiger partial charge < -0.3 is 19.9 Å². The number of ether oxygens (including phenoxy) is 1. The lowest BCUT2D eigenvalue weighted by molar-refractivity contribution is -0.140. The third-order valence-electron chi connectivity index (χ3n) is 6.86. The van der Waals surface area contributed by atoms with E-state index in [2.05, 4.69) is 15.6 Å². The Hall–Kier alpha value is -5.18. The Labute approximate surface area is 239 Å². The molecule has 9 heteroatoms. The molecule has 0 aliphatic carbocycles.